The fraction of sp³-hybridized carbons (Fsp3) is 0.471. The highest BCUT2D eigenvalue weighted by Gasteiger charge is 2.47. The van der Waals surface area contributed by atoms with Crippen molar-refractivity contribution in [2.24, 2.45) is 5.92 Å². The van der Waals surface area contributed by atoms with Gasteiger partial charge in [0.05, 0.1) is 0 Å². The lowest BCUT2D eigenvalue weighted by Crippen LogP contribution is -2.44. The molecule has 0 amide bonds. The third-order valence-corrected chi connectivity index (χ3v) is 4.39. The van der Waals surface area contributed by atoms with E-state index in [0.29, 0.717) is 6.42 Å². The van der Waals surface area contributed by atoms with Gasteiger partial charge >= 0.3 is 13.8 Å². The fourth-order valence-electron chi connectivity index (χ4n) is 3.36. The van der Waals surface area contributed by atoms with Crippen LogP contribution in [0.3, 0.4) is 0 Å². The van der Waals surface area contributed by atoms with E-state index in [9.17, 15) is 9.90 Å². The quantitative estimate of drug-likeness (QED) is 0.474. The van der Waals surface area contributed by atoms with Gasteiger partial charge < -0.3 is 24.7 Å². The van der Waals surface area contributed by atoms with Gasteiger partial charge in [0.1, 0.15) is 5.41 Å². The van der Waals surface area contributed by atoms with Crippen molar-refractivity contribution in [3.05, 3.63) is 42.0 Å². The zero-order valence-electron chi connectivity index (χ0n) is 14.7. The van der Waals surface area contributed by atoms with Crippen LogP contribution >= 0.6 is 7.82 Å². The standard InChI is InChI=1S/C17H23NO2.H3O4P/c1-4-13-9-7-8-12-17(13,16(19)20)14-10-5-6-11-15(14)18(2)3;1-5(2,3)4/h5-7,9-11,13H,4,8,12H2,1-3H3,(H,19,20);(H3,1,2,3,4)/t13-,17-;/m1./s1. The summed E-state index contributed by atoms with van der Waals surface area (Å²) in [6.07, 6.45) is 6.54. The van der Waals surface area contributed by atoms with E-state index in [1.165, 1.54) is 0 Å². The summed E-state index contributed by atoms with van der Waals surface area (Å²) >= 11 is 0. The van der Waals surface area contributed by atoms with E-state index >= 15 is 0 Å². The number of para-hydroxylation sites is 1. The molecule has 1 aromatic rings. The Bertz CT molecular complexity index is 661. The van der Waals surface area contributed by atoms with Crippen molar-refractivity contribution < 1.29 is 29.1 Å². The van der Waals surface area contributed by atoms with Crippen molar-refractivity contribution in [1.29, 1.82) is 0 Å². The van der Waals surface area contributed by atoms with Crippen LogP contribution < -0.4 is 4.90 Å². The lowest BCUT2D eigenvalue weighted by molar-refractivity contribution is -0.146. The smallest absolute Gasteiger partial charge is 0.466 e. The maximum Gasteiger partial charge on any atom is 0.466 e. The van der Waals surface area contributed by atoms with E-state index in [1.807, 2.05) is 43.3 Å². The van der Waals surface area contributed by atoms with E-state index in [1.54, 1.807) is 0 Å². The van der Waals surface area contributed by atoms with Gasteiger partial charge in [-0.3, -0.25) is 4.79 Å². The molecule has 140 valence electrons. The van der Waals surface area contributed by atoms with Gasteiger partial charge in [-0.25, -0.2) is 4.57 Å². The molecule has 0 spiro atoms. The van der Waals surface area contributed by atoms with Crippen LogP contribution in [0, 0.1) is 5.92 Å². The first kappa shape index (κ1) is 21.4. The summed E-state index contributed by atoms with van der Waals surface area (Å²) in [5.41, 5.74) is 1.14. The summed E-state index contributed by atoms with van der Waals surface area (Å²) in [4.78, 5) is 35.7. The Morgan fingerprint density at radius 3 is 2.32 bits per heavy atom. The number of carbonyl (C=O) groups is 1. The van der Waals surface area contributed by atoms with Crippen LogP contribution in [-0.2, 0) is 14.8 Å². The number of allylic oxidation sites excluding steroid dienone is 2. The molecule has 0 saturated carbocycles. The maximum absolute atomic E-state index is 12.2. The molecular formula is C17H26NO6P. The first-order valence-corrected chi connectivity index (χ1v) is 9.55. The molecule has 2 rings (SSSR count). The number of benzene rings is 1. The van der Waals surface area contributed by atoms with Crippen LogP contribution in [0.2, 0.25) is 0 Å². The Labute approximate surface area is 147 Å². The molecule has 0 aromatic heterocycles. The van der Waals surface area contributed by atoms with Gasteiger partial charge in [0.2, 0.25) is 0 Å². The van der Waals surface area contributed by atoms with Crippen LogP contribution in [-0.4, -0.2) is 39.9 Å². The van der Waals surface area contributed by atoms with Gasteiger partial charge in [0.15, 0.2) is 0 Å². The van der Waals surface area contributed by atoms with Crippen LogP contribution in [0.5, 0.6) is 0 Å². The van der Waals surface area contributed by atoms with E-state index in [0.717, 1.165) is 24.1 Å². The molecular weight excluding hydrogens is 345 g/mol. The Morgan fingerprint density at radius 1 is 1.28 bits per heavy atom. The molecule has 25 heavy (non-hydrogen) atoms. The van der Waals surface area contributed by atoms with Gasteiger partial charge in [-0.05, 0) is 36.8 Å². The minimum atomic E-state index is -4.64. The predicted octanol–water partition coefficient (Wildman–Crippen LogP) is 2.52. The maximum atomic E-state index is 12.2. The second kappa shape index (κ2) is 8.63. The molecule has 0 unspecified atom stereocenters. The number of anilines is 1. The van der Waals surface area contributed by atoms with Gasteiger partial charge in [-0.2, -0.15) is 0 Å². The van der Waals surface area contributed by atoms with Gasteiger partial charge in [0, 0.05) is 19.8 Å². The highest BCUT2D eigenvalue weighted by molar-refractivity contribution is 7.45. The fourth-order valence-corrected chi connectivity index (χ4v) is 3.36. The Hall–Kier alpha value is -1.66. The average Bonchev–Trinajstić information content (AvgIpc) is 2.52. The molecule has 0 radical (unpaired) electrons. The molecule has 0 heterocycles. The van der Waals surface area contributed by atoms with Crippen LogP contribution in [0.1, 0.15) is 31.7 Å². The SMILES string of the molecule is CC[C@@H]1C=CCC[C@]1(C(=O)O)c1ccccc1N(C)C.O=P(O)(O)O. The van der Waals surface area contributed by atoms with Crippen molar-refractivity contribution in [3.8, 4) is 0 Å². The number of rotatable bonds is 4. The first-order chi connectivity index (χ1) is 11.5. The third-order valence-electron chi connectivity index (χ3n) is 4.39. The average molecular weight is 371 g/mol. The number of phosphoric acid groups is 1. The van der Waals surface area contributed by atoms with Crippen molar-refractivity contribution in [2.45, 2.75) is 31.6 Å². The molecule has 2 atom stereocenters. The zero-order valence-corrected chi connectivity index (χ0v) is 15.6. The molecule has 0 saturated heterocycles. The minimum Gasteiger partial charge on any atom is -0.481 e. The summed E-state index contributed by atoms with van der Waals surface area (Å²) in [6, 6.07) is 7.89. The summed E-state index contributed by atoms with van der Waals surface area (Å²) < 4.78 is 8.88. The highest BCUT2D eigenvalue weighted by atomic mass is 31.2. The first-order valence-electron chi connectivity index (χ1n) is 7.99. The zero-order chi connectivity index (χ0) is 19.3. The van der Waals surface area contributed by atoms with E-state index < -0.39 is 19.2 Å². The molecule has 1 aliphatic carbocycles. The van der Waals surface area contributed by atoms with E-state index in [2.05, 4.69) is 19.1 Å². The molecule has 0 fully saturated rings. The number of hydrogen-bond acceptors (Lipinski definition) is 3. The molecule has 7 nitrogen and oxygen atoms in total. The Morgan fingerprint density at radius 2 is 1.84 bits per heavy atom. The largest absolute Gasteiger partial charge is 0.481 e. The Balaban J connectivity index is 0.000000550. The lowest BCUT2D eigenvalue weighted by atomic mass is 9.63. The topological polar surface area (TPSA) is 118 Å². The van der Waals surface area contributed by atoms with Gasteiger partial charge in [0.25, 0.3) is 0 Å². The highest BCUT2D eigenvalue weighted by Crippen LogP contribution is 2.46. The number of nitrogens with zero attached hydrogens (tertiary/aromatic N) is 1. The molecule has 8 heteroatoms. The predicted molar refractivity (Wildman–Crippen MR) is 96.5 cm³/mol. The number of carboxylic acids is 1. The van der Waals surface area contributed by atoms with Crippen molar-refractivity contribution in [3.63, 3.8) is 0 Å². The summed E-state index contributed by atoms with van der Waals surface area (Å²) in [6.45, 7) is 2.07. The minimum absolute atomic E-state index is 0.0508. The summed E-state index contributed by atoms with van der Waals surface area (Å²) in [5, 5.41) is 10.00. The number of carboxylic acid groups (broad SMARTS) is 1. The normalized spacial score (nSPS) is 22.7. The lowest BCUT2D eigenvalue weighted by Gasteiger charge is -2.40. The third kappa shape index (κ3) is 5.41. The number of aliphatic carboxylic acids is 1. The molecule has 0 bridgehead atoms. The molecule has 0 aliphatic heterocycles. The van der Waals surface area contributed by atoms with E-state index in [4.69, 9.17) is 19.2 Å². The molecule has 1 aliphatic rings. The van der Waals surface area contributed by atoms with Gasteiger partial charge in [-0.15, -0.1) is 0 Å². The second-order valence-corrected chi connectivity index (χ2v) is 7.21. The van der Waals surface area contributed by atoms with Crippen LogP contribution in [0.4, 0.5) is 5.69 Å². The summed E-state index contributed by atoms with van der Waals surface area (Å²) in [7, 11) is -0.706. The van der Waals surface area contributed by atoms with E-state index in [-0.39, 0.29) is 5.92 Å². The monoisotopic (exact) mass is 371 g/mol. The summed E-state index contributed by atoms with van der Waals surface area (Å²) in [5.74, 6) is -0.655. The second-order valence-electron chi connectivity index (χ2n) is 6.18. The van der Waals surface area contributed by atoms with Crippen LogP contribution in [0.15, 0.2) is 36.4 Å². The van der Waals surface area contributed by atoms with Crippen molar-refractivity contribution in [2.75, 3.05) is 19.0 Å². The number of hydrogen-bond donors (Lipinski definition) is 4. The Kier molecular flexibility index (Phi) is 7.38. The van der Waals surface area contributed by atoms with Crippen molar-refractivity contribution in [1.82, 2.24) is 0 Å². The van der Waals surface area contributed by atoms with Crippen molar-refractivity contribution >= 4 is 19.5 Å². The molecule has 4 N–H and O–H groups in total. The molecule has 1 aromatic carbocycles. The van der Waals surface area contributed by atoms with Crippen LogP contribution in [0.25, 0.3) is 0 Å². The van der Waals surface area contributed by atoms with Gasteiger partial charge in [-0.1, -0.05) is 37.3 Å².